The van der Waals surface area contributed by atoms with E-state index < -0.39 is 12.0 Å². The second kappa shape index (κ2) is 13.0. The highest BCUT2D eigenvalue weighted by Crippen LogP contribution is 2.39. The fraction of sp³-hybridized carbons (Fsp3) is 0.391. The van der Waals surface area contributed by atoms with Gasteiger partial charge >= 0.3 is 5.97 Å². The molecule has 1 unspecified atom stereocenters. The molecule has 33 heavy (non-hydrogen) atoms. The Morgan fingerprint density at radius 1 is 1.00 bits per heavy atom. The van der Waals surface area contributed by atoms with Gasteiger partial charge in [0.05, 0.1) is 26.4 Å². The summed E-state index contributed by atoms with van der Waals surface area (Å²) in [6, 6.07) is 9.01. The maximum absolute atomic E-state index is 12.9. The summed E-state index contributed by atoms with van der Waals surface area (Å²) in [7, 11) is 0. The molecule has 180 valence electrons. The number of aliphatic hydroxyl groups is 1. The standard InChI is InChI=1S/C23H31N3O7/c1-4-30-19-13-17(18(33-12-11-27)14-20(19)31-5-2)21(23(28)32-6-3)25-16-9-7-15(8-10-16)22(24)26-29/h7-10,13-14,21,25,27,29H,4-6,11-12H2,1-3H3,(H2,24,26). The Balaban J connectivity index is 2.54. The van der Waals surface area contributed by atoms with Crippen molar-refractivity contribution in [2.24, 2.45) is 10.9 Å². The maximum atomic E-state index is 12.9. The number of esters is 1. The van der Waals surface area contributed by atoms with Crippen LogP contribution in [0.4, 0.5) is 5.69 Å². The largest absolute Gasteiger partial charge is 0.491 e. The molecule has 0 fully saturated rings. The van der Waals surface area contributed by atoms with Gasteiger partial charge in [-0.2, -0.15) is 0 Å². The normalized spacial score (nSPS) is 12.1. The zero-order chi connectivity index (χ0) is 24.2. The molecule has 1 atom stereocenters. The molecule has 0 aliphatic heterocycles. The van der Waals surface area contributed by atoms with Crippen molar-refractivity contribution in [3.63, 3.8) is 0 Å². The van der Waals surface area contributed by atoms with Gasteiger partial charge in [-0.25, -0.2) is 4.79 Å². The minimum atomic E-state index is -0.955. The van der Waals surface area contributed by atoms with Crippen LogP contribution in [0.1, 0.15) is 37.9 Å². The molecule has 0 saturated heterocycles. The molecule has 2 rings (SSSR count). The van der Waals surface area contributed by atoms with Crippen molar-refractivity contribution in [3.8, 4) is 17.2 Å². The summed E-state index contributed by atoms with van der Waals surface area (Å²) >= 11 is 0. The van der Waals surface area contributed by atoms with E-state index in [0.717, 1.165) is 0 Å². The van der Waals surface area contributed by atoms with Crippen LogP contribution in [0.2, 0.25) is 0 Å². The number of carbonyl (C=O) groups is 1. The lowest BCUT2D eigenvalue weighted by atomic mass is 10.0. The Labute approximate surface area is 192 Å². The minimum Gasteiger partial charge on any atom is -0.491 e. The third-order valence-corrected chi connectivity index (χ3v) is 4.46. The van der Waals surface area contributed by atoms with Gasteiger partial charge in [0.2, 0.25) is 0 Å². The molecule has 0 saturated carbocycles. The van der Waals surface area contributed by atoms with E-state index in [4.69, 9.17) is 29.9 Å². The van der Waals surface area contributed by atoms with Crippen LogP contribution in [0.25, 0.3) is 0 Å². The average molecular weight is 462 g/mol. The third kappa shape index (κ3) is 6.91. The Hall–Kier alpha value is -3.66. The zero-order valence-electron chi connectivity index (χ0n) is 19.0. The highest BCUT2D eigenvalue weighted by Gasteiger charge is 2.28. The van der Waals surface area contributed by atoms with Crippen LogP contribution in [0.5, 0.6) is 17.2 Å². The fourth-order valence-corrected chi connectivity index (χ4v) is 3.05. The van der Waals surface area contributed by atoms with Crippen molar-refractivity contribution < 1.29 is 34.1 Å². The molecule has 2 aromatic rings. The predicted octanol–water partition coefficient (Wildman–Crippen LogP) is 2.67. The van der Waals surface area contributed by atoms with Gasteiger partial charge in [0.25, 0.3) is 0 Å². The molecular weight excluding hydrogens is 430 g/mol. The highest BCUT2D eigenvalue weighted by molar-refractivity contribution is 5.97. The minimum absolute atomic E-state index is 0.0244. The van der Waals surface area contributed by atoms with E-state index in [1.165, 1.54) is 0 Å². The van der Waals surface area contributed by atoms with Crippen LogP contribution in [-0.4, -0.2) is 55.2 Å². The lowest BCUT2D eigenvalue weighted by molar-refractivity contribution is -0.144. The van der Waals surface area contributed by atoms with Gasteiger partial charge in [0.15, 0.2) is 23.4 Å². The van der Waals surface area contributed by atoms with Crippen molar-refractivity contribution >= 4 is 17.5 Å². The molecule has 10 heteroatoms. The Morgan fingerprint density at radius 3 is 2.18 bits per heavy atom. The molecular formula is C23H31N3O7. The number of nitrogens with two attached hydrogens (primary N) is 1. The Bertz CT molecular complexity index is 932. The molecule has 2 aromatic carbocycles. The summed E-state index contributed by atoms with van der Waals surface area (Å²) in [5, 5.41) is 24.2. The van der Waals surface area contributed by atoms with Crippen molar-refractivity contribution in [2.45, 2.75) is 26.8 Å². The first-order valence-electron chi connectivity index (χ1n) is 10.7. The van der Waals surface area contributed by atoms with Crippen molar-refractivity contribution in [1.82, 2.24) is 0 Å². The Kier molecular flexibility index (Phi) is 10.1. The summed E-state index contributed by atoms with van der Waals surface area (Å²) in [4.78, 5) is 12.9. The number of rotatable bonds is 13. The quantitative estimate of drug-likeness (QED) is 0.116. The SMILES string of the molecule is CCOC(=O)C(Nc1ccc(/C(N)=N/O)cc1)c1cc(OCC)c(OCC)cc1OCCO. The summed E-state index contributed by atoms with van der Waals surface area (Å²) in [6.45, 7) is 6.21. The van der Waals surface area contributed by atoms with Crippen molar-refractivity contribution in [2.75, 3.05) is 38.4 Å². The maximum Gasteiger partial charge on any atom is 0.333 e. The third-order valence-electron chi connectivity index (χ3n) is 4.46. The van der Waals surface area contributed by atoms with Gasteiger partial charge in [-0.1, -0.05) is 5.16 Å². The molecule has 5 N–H and O–H groups in total. The van der Waals surface area contributed by atoms with Gasteiger partial charge < -0.3 is 40.3 Å². The topological polar surface area (TPSA) is 145 Å². The predicted molar refractivity (Wildman–Crippen MR) is 123 cm³/mol. The van der Waals surface area contributed by atoms with E-state index in [9.17, 15) is 9.90 Å². The van der Waals surface area contributed by atoms with Crippen LogP contribution in [0.15, 0.2) is 41.6 Å². The average Bonchev–Trinajstić information content (AvgIpc) is 2.82. The summed E-state index contributed by atoms with van der Waals surface area (Å²) in [6.07, 6.45) is 0. The van der Waals surface area contributed by atoms with Crippen molar-refractivity contribution in [3.05, 3.63) is 47.5 Å². The van der Waals surface area contributed by atoms with Crippen LogP contribution < -0.4 is 25.3 Å². The lowest BCUT2D eigenvalue weighted by Crippen LogP contribution is -2.24. The van der Waals surface area contributed by atoms with Gasteiger partial charge in [-0.3, -0.25) is 0 Å². The van der Waals surface area contributed by atoms with Crippen LogP contribution >= 0.6 is 0 Å². The smallest absolute Gasteiger partial charge is 0.333 e. The summed E-state index contributed by atoms with van der Waals surface area (Å²) in [5.41, 5.74) is 7.17. The van der Waals surface area contributed by atoms with Gasteiger partial charge in [0, 0.05) is 22.9 Å². The second-order valence-corrected chi connectivity index (χ2v) is 6.67. The molecule has 0 aromatic heterocycles. The van der Waals surface area contributed by atoms with Gasteiger partial charge in [0.1, 0.15) is 12.4 Å². The van der Waals surface area contributed by atoms with Crippen LogP contribution in [0, 0.1) is 0 Å². The first-order chi connectivity index (χ1) is 16.0. The van der Waals surface area contributed by atoms with E-state index in [1.807, 2.05) is 13.8 Å². The zero-order valence-corrected chi connectivity index (χ0v) is 19.0. The molecule has 10 nitrogen and oxygen atoms in total. The van der Waals surface area contributed by atoms with E-state index in [1.54, 1.807) is 43.3 Å². The number of aliphatic hydroxyl groups excluding tert-OH is 1. The number of carbonyl (C=O) groups excluding carboxylic acids is 1. The number of oxime groups is 1. The number of amidine groups is 1. The number of nitrogens with one attached hydrogen (secondary N) is 1. The molecule has 0 bridgehead atoms. The number of nitrogens with zero attached hydrogens (tertiary/aromatic N) is 1. The molecule has 0 radical (unpaired) electrons. The summed E-state index contributed by atoms with van der Waals surface area (Å²) < 4.78 is 22.4. The molecule has 0 spiro atoms. The molecule has 0 amide bonds. The lowest BCUT2D eigenvalue weighted by Gasteiger charge is -2.23. The molecule has 0 heterocycles. The van der Waals surface area contributed by atoms with Crippen molar-refractivity contribution in [1.29, 1.82) is 0 Å². The molecule has 0 aliphatic carbocycles. The van der Waals surface area contributed by atoms with E-state index in [-0.39, 0.29) is 25.7 Å². The summed E-state index contributed by atoms with van der Waals surface area (Å²) in [5.74, 6) is 0.690. The number of ether oxygens (including phenoxy) is 4. The van der Waals surface area contributed by atoms with Gasteiger partial charge in [-0.15, -0.1) is 0 Å². The van der Waals surface area contributed by atoms with E-state index >= 15 is 0 Å². The Morgan fingerprint density at radius 2 is 1.64 bits per heavy atom. The first kappa shape index (κ1) is 25.6. The number of hydrogen-bond donors (Lipinski definition) is 4. The highest BCUT2D eigenvalue weighted by atomic mass is 16.5. The van der Waals surface area contributed by atoms with E-state index in [2.05, 4.69) is 10.5 Å². The fourth-order valence-electron chi connectivity index (χ4n) is 3.05. The first-order valence-corrected chi connectivity index (χ1v) is 10.7. The van der Waals surface area contributed by atoms with Crippen LogP contribution in [0.3, 0.4) is 0 Å². The number of benzene rings is 2. The van der Waals surface area contributed by atoms with Crippen LogP contribution in [-0.2, 0) is 9.53 Å². The van der Waals surface area contributed by atoms with Gasteiger partial charge in [-0.05, 0) is 51.1 Å². The number of anilines is 1. The van der Waals surface area contributed by atoms with E-state index in [0.29, 0.717) is 47.3 Å². The second-order valence-electron chi connectivity index (χ2n) is 6.67. The molecule has 0 aliphatic rings. The monoisotopic (exact) mass is 461 g/mol. The number of hydrogen-bond acceptors (Lipinski definition) is 9.